The summed E-state index contributed by atoms with van der Waals surface area (Å²) < 4.78 is 0. The van der Waals surface area contributed by atoms with E-state index in [0.717, 1.165) is 36.4 Å². The molecule has 0 aromatic rings. The lowest BCUT2D eigenvalue weighted by Gasteiger charge is -2.45. The van der Waals surface area contributed by atoms with E-state index in [2.05, 4.69) is 25.8 Å². The minimum atomic E-state index is 0.751. The molecule has 2 aliphatic rings. The van der Waals surface area contributed by atoms with Gasteiger partial charge in [-0.3, -0.25) is 4.90 Å². The summed E-state index contributed by atoms with van der Waals surface area (Å²) in [6, 6.07) is 1.55. The first-order valence-corrected chi connectivity index (χ1v) is 7.57. The van der Waals surface area contributed by atoms with Crippen molar-refractivity contribution in [3.63, 3.8) is 0 Å². The summed E-state index contributed by atoms with van der Waals surface area (Å²) in [5.74, 6) is 2.48. The van der Waals surface area contributed by atoms with Gasteiger partial charge in [0.05, 0.1) is 0 Å². The topological polar surface area (TPSA) is 29.3 Å². The Bertz CT molecular complexity index is 231. The summed E-state index contributed by atoms with van der Waals surface area (Å²) in [5.41, 5.74) is 5.93. The Labute approximate surface area is 107 Å². The summed E-state index contributed by atoms with van der Waals surface area (Å²) in [6.45, 7) is 5.77. The van der Waals surface area contributed by atoms with Crippen molar-refractivity contribution in [2.24, 2.45) is 23.5 Å². The fourth-order valence-corrected chi connectivity index (χ4v) is 4.52. The summed E-state index contributed by atoms with van der Waals surface area (Å²) in [7, 11) is 2.36. The van der Waals surface area contributed by atoms with Crippen LogP contribution in [0.5, 0.6) is 0 Å². The van der Waals surface area contributed by atoms with E-state index in [0.29, 0.717) is 0 Å². The molecule has 2 heteroatoms. The molecule has 4 unspecified atom stereocenters. The maximum absolute atomic E-state index is 5.93. The third-order valence-corrected chi connectivity index (χ3v) is 5.40. The van der Waals surface area contributed by atoms with E-state index in [4.69, 9.17) is 5.73 Å². The first-order chi connectivity index (χ1) is 8.15. The molecule has 2 aliphatic carbocycles. The molecule has 0 aromatic carbocycles. The lowest BCUT2D eigenvalue weighted by atomic mass is 9.77. The van der Waals surface area contributed by atoms with Gasteiger partial charge in [0.25, 0.3) is 0 Å². The van der Waals surface area contributed by atoms with Gasteiger partial charge in [0.15, 0.2) is 0 Å². The predicted molar refractivity (Wildman–Crippen MR) is 73.9 cm³/mol. The van der Waals surface area contributed by atoms with Crippen molar-refractivity contribution in [1.82, 2.24) is 4.90 Å². The highest BCUT2D eigenvalue weighted by Crippen LogP contribution is 2.37. The minimum absolute atomic E-state index is 0.751. The van der Waals surface area contributed by atoms with E-state index in [1.165, 1.54) is 38.5 Å². The summed E-state index contributed by atoms with van der Waals surface area (Å²) >= 11 is 0. The second kappa shape index (κ2) is 5.71. The molecule has 2 rings (SSSR count). The Morgan fingerprint density at radius 3 is 2.18 bits per heavy atom. The molecule has 100 valence electrons. The molecule has 0 amide bonds. The molecular weight excluding hydrogens is 208 g/mol. The van der Waals surface area contributed by atoms with Crippen molar-refractivity contribution < 1.29 is 0 Å². The fourth-order valence-electron chi connectivity index (χ4n) is 4.52. The van der Waals surface area contributed by atoms with Gasteiger partial charge in [0, 0.05) is 12.1 Å². The lowest BCUT2D eigenvalue weighted by Crippen LogP contribution is -2.50. The van der Waals surface area contributed by atoms with Gasteiger partial charge in [-0.25, -0.2) is 0 Å². The standard InChI is InChI=1S/C15H30N2/c1-11-6-4-7-12(2)15(11)17(3)14-9-5-8-13(14)10-16/h11-15H,4-10,16H2,1-3H3. The van der Waals surface area contributed by atoms with Crippen molar-refractivity contribution in [3.8, 4) is 0 Å². The average molecular weight is 238 g/mol. The second-order valence-electron chi connectivity index (χ2n) is 6.54. The Balaban J connectivity index is 2.04. The van der Waals surface area contributed by atoms with E-state index in [-0.39, 0.29) is 0 Å². The van der Waals surface area contributed by atoms with Crippen molar-refractivity contribution in [3.05, 3.63) is 0 Å². The summed E-state index contributed by atoms with van der Waals surface area (Å²) in [5, 5.41) is 0. The van der Waals surface area contributed by atoms with E-state index in [9.17, 15) is 0 Å². The van der Waals surface area contributed by atoms with Gasteiger partial charge >= 0.3 is 0 Å². The molecule has 2 saturated carbocycles. The first kappa shape index (κ1) is 13.4. The zero-order valence-electron chi connectivity index (χ0n) is 11.9. The predicted octanol–water partition coefficient (Wildman–Crippen LogP) is 2.87. The average Bonchev–Trinajstić information content (AvgIpc) is 2.76. The number of hydrogen-bond donors (Lipinski definition) is 1. The molecule has 0 spiro atoms. The van der Waals surface area contributed by atoms with Crippen LogP contribution in [0.2, 0.25) is 0 Å². The van der Waals surface area contributed by atoms with Crippen LogP contribution in [0, 0.1) is 17.8 Å². The quantitative estimate of drug-likeness (QED) is 0.819. The summed E-state index contributed by atoms with van der Waals surface area (Å²) in [6.07, 6.45) is 8.36. The highest BCUT2D eigenvalue weighted by molar-refractivity contribution is 4.92. The number of nitrogens with two attached hydrogens (primary N) is 1. The molecule has 2 nitrogen and oxygen atoms in total. The molecule has 2 N–H and O–H groups in total. The van der Waals surface area contributed by atoms with Crippen LogP contribution < -0.4 is 5.73 Å². The number of hydrogen-bond acceptors (Lipinski definition) is 2. The SMILES string of the molecule is CC1CCCC(C)C1N(C)C1CCCC1CN. The van der Waals surface area contributed by atoms with Crippen molar-refractivity contribution in [2.45, 2.75) is 64.5 Å². The zero-order valence-corrected chi connectivity index (χ0v) is 11.9. The molecule has 17 heavy (non-hydrogen) atoms. The fraction of sp³-hybridized carbons (Fsp3) is 1.00. The van der Waals surface area contributed by atoms with Gasteiger partial charge in [-0.2, -0.15) is 0 Å². The van der Waals surface area contributed by atoms with Gasteiger partial charge in [-0.1, -0.05) is 26.7 Å². The van der Waals surface area contributed by atoms with Crippen molar-refractivity contribution >= 4 is 0 Å². The molecule has 0 radical (unpaired) electrons. The van der Waals surface area contributed by atoms with Gasteiger partial charge in [-0.15, -0.1) is 0 Å². The Morgan fingerprint density at radius 2 is 1.59 bits per heavy atom. The maximum Gasteiger partial charge on any atom is 0.0146 e. The van der Waals surface area contributed by atoms with E-state index < -0.39 is 0 Å². The van der Waals surface area contributed by atoms with Gasteiger partial charge in [0.2, 0.25) is 0 Å². The van der Waals surface area contributed by atoms with Gasteiger partial charge < -0.3 is 5.73 Å². The van der Waals surface area contributed by atoms with Crippen LogP contribution in [0.15, 0.2) is 0 Å². The number of nitrogens with zero attached hydrogens (tertiary/aromatic N) is 1. The number of rotatable bonds is 3. The Kier molecular flexibility index (Phi) is 4.48. The maximum atomic E-state index is 5.93. The molecule has 0 aliphatic heterocycles. The van der Waals surface area contributed by atoms with Crippen LogP contribution >= 0.6 is 0 Å². The highest BCUT2D eigenvalue weighted by Gasteiger charge is 2.38. The monoisotopic (exact) mass is 238 g/mol. The van der Waals surface area contributed by atoms with E-state index in [1.807, 2.05) is 0 Å². The smallest absolute Gasteiger partial charge is 0.0146 e. The van der Waals surface area contributed by atoms with Crippen LogP contribution in [0.4, 0.5) is 0 Å². The van der Waals surface area contributed by atoms with Gasteiger partial charge in [0.1, 0.15) is 0 Å². The van der Waals surface area contributed by atoms with Crippen molar-refractivity contribution in [1.29, 1.82) is 0 Å². The van der Waals surface area contributed by atoms with Crippen molar-refractivity contribution in [2.75, 3.05) is 13.6 Å². The third-order valence-electron chi connectivity index (χ3n) is 5.40. The largest absolute Gasteiger partial charge is 0.330 e. The molecular formula is C15H30N2. The van der Waals surface area contributed by atoms with Crippen LogP contribution in [0.1, 0.15) is 52.4 Å². The first-order valence-electron chi connectivity index (χ1n) is 7.57. The van der Waals surface area contributed by atoms with Crippen LogP contribution in [-0.2, 0) is 0 Å². The minimum Gasteiger partial charge on any atom is -0.330 e. The van der Waals surface area contributed by atoms with E-state index in [1.54, 1.807) is 0 Å². The van der Waals surface area contributed by atoms with Crippen LogP contribution in [0.25, 0.3) is 0 Å². The highest BCUT2D eigenvalue weighted by atomic mass is 15.2. The van der Waals surface area contributed by atoms with Crippen LogP contribution in [-0.4, -0.2) is 30.6 Å². The molecule has 2 fully saturated rings. The molecule has 0 saturated heterocycles. The lowest BCUT2D eigenvalue weighted by molar-refractivity contribution is 0.0442. The summed E-state index contributed by atoms with van der Waals surface area (Å²) in [4.78, 5) is 2.71. The van der Waals surface area contributed by atoms with Gasteiger partial charge in [-0.05, 0) is 57.0 Å². The van der Waals surface area contributed by atoms with Crippen LogP contribution in [0.3, 0.4) is 0 Å². The molecule has 0 heterocycles. The third kappa shape index (κ3) is 2.68. The van der Waals surface area contributed by atoms with E-state index >= 15 is 0 Å². The zero-order chi connectivity index (χ0) is 12.4. The Morgan fingerprint density at radius 1 is 1.00 bits per heavy atom. The molecule has 0 aromatic heterocycles. The second-order valence-corrected chi connectivity index (χ2v) is 6.54. The molecule has 0 bridgehead atoms. The normalized spacial score (nSPS) is 43.2. The molecule has 4 atom stereocenters. The Hall–Kier alpha value is -0.0800.